The summed E-state index contributed by atoms with van der Waals surface area (Å²) in [6.07, 6.45) is 0.553. The Labute approximate surface area is 156 Å². The summed E-state index contributed by atoms with van der Waals surface area (Å²) in [7, 11) is 3.22. The van der Waals surface area contributed by atoms with Crippen molar-refractivity contribution in [1.29, 1.82) is 0 Å². The SMILES string of the molecule is COc1ccc(COCC(O)CNCCCN2CCOCC2)cc1OC. The molecule has 2 rings (SSSR count). The predicted octanol–water partition coefficient (Wildman–Crippen LogP) is 0.893. The fourth-order valence-electron chi connectivity index (χ4n) is 2.86. The molecule has 1 aromatic rings. The number of rotatable bonds is 12. The largest absolute Gasteiger partial charge is 0.493 e. The van der Waals surface area contributed by atoms with Gasteiger partial charge in [0.15, 0.2) is 11.5 Å². The number of hydrogen-bond acceptors (Lipinski definition) is 7. The number of nitrogens with one attached hydrogen (secondary N) is 1. The van der Waals surface area contributed by atoms with Crippen molar-refractivity contribution in [2.45, 2.75) is 19.1 Å². The molecule has 1 fully saturated rings. The number of aliphatic hydroxyl groups is 1. The van der Waals surface area contributed by atoms with E-state index in [-0.39, 0.29) is 0 Å². The maximum Gasteiger partial charge on any atom is 0.161 e. The minimum atomic E-state index is -0.515. The van der Waals surface area contributed by atoms with Gasteiger partial charge in [-0.2, -0.15) is 0 Å². The summed E-state index contributed by atoms with van der Waals surface area (Å²) in [6.45, 7) is 6.94. The molecular weight excluding hydrogens is 336 g/mol. The first-order valence-corrected chi connectivity index (χ1v) is 9.20. The Morgan fingerprint density at radius 3 is 2.69 bits per heavy atom. The van der Waals surface area contributed by atoms with Crippen LogP contribution in [0, 0.1) is 0 Å². The summed E-state index contributed by atoms with van der Waals surface area (Å²) in [5, 5.41) is 13.3. The molecule has 0 amide bonds. The highest BCUT2D eigenvalue weighted by molar-refractivity contribution is 5.42. The number of nitrogens with zero attached hydrogens (tertiary/aromatic N) is 1. The van der Waals surface area contributed by atoms with Gasteiger partial charge in [-0.05, 0) is 37.2 Å². The van der Waals surface area contributed by atoms with Crippen molar-refractivity contribution in [3.63, 3.8) is 0 Å². The fourth-order valence-corrected chi connectivity index (χ4v) is 2.86. The molecule has 7 nitrogen and oxygen atoms in total. The summed E-state index contributed by atoms with van der Waals surface area (Å²) in [6, 6.07) is 5.66. The molecule has 1 saturated heterocycles. The van der Waals surface area contributed by atoms with Crippen molar-refractivity contribution in [3.05, 3.63) is 23.8 Å². The van der Waals surface area contributed by atoms with E-state index in [1.54, 1.807) is 14.2 Å². The van der Waals surface area contributed by atoms with Gasteiger partial charge < -0.3 is 29.4 Å². The average Bonchev–Trinajstić information content (AvgIpc) is 2.68. The molecular formula is C19H32N2O5. The van der Waals surface area contributed by atoms with Crippen LogP contribution in [-0.4, -0.2) is 82.9 Å². The van der Waals surface area contributed by atoms with E-state index < -0.39 is 6.10 Å². The van der Waals surface area contributed by atoms with Crippen LogP contribution in [0.3, 0.4) is 0 Å². The number of hydrogen-bond donors (Lipinski definition) is 2. The van der Waals surface area contributed by atoms with Crippen LogP contribution in [-0.2, 0) is 16.1 Å². The molecule has 148 valence electrons. The van der Waals surface area contributed by atoms with E-state index in [1.165, 1.54) is 0 Å². The number of aliphatic hydroxyl groups excluding tert-OH is 1. The highest BCUT2D eigenvalue weighted by atomic mass is 16.5. The third-order valence-electron chi connectivity index (χ3n) is 4.34. The lowest BCUT2D eigenvalue weighted by Crippen LogP contribution is -2.38. The van der Waals surface area contributed by atoms with E-state index in [1.807, 2.05) is 18.2 Å². The number of ether oxygens (including phenoxy) is 4. The quantitative estimate of drug-likeness (QED) is 0.531. The average molecular weight is 368 g/mol. The molecule has 0 aliphatic carbocycles. The molecule has 0 radical (unpaired) electrons. The van der Waals surface area contributed by atoms with Crippen molar-refractivity contribution in [1.82, 2.24) is 10.2 Å². The van der Waals surface area contributed by atoms with E-state index in [0.29, 0.717) is 31.3 Å². The summed E-state index contributed by atoms with van der Waals surface area (Å²) >= 11 is 0. The van der Waals surface area contributed by atoms with Gasteiger partial charge in [0.05, 0.1) is 46.8 Å². The number of benzene rings is 1. The van der Waals surface area contributed by atoms with E-state index in [4.69, 9.17) is 18.9 Å². The van der Waals surface area contributed by atoms with Gasteiger partial charge >= 0.3 is 0 Å². The maximum atomic E-state index is 10.00. The normalized spacial score (nSPS) is 16.4. The Morgan fingerprint density at radius 1 is 1.19 bits per heavy atom. The Kier molecular flexibility index (Phi) is 9.73. The summed E-state index contributed by atoms with van der Waals surface area (Å²) in [5.41, 5.74) is 0.980. The van der Waals surface area contributed by atoms with Crippen LogP contribution in [0.5, 0.6) is 11.5 Å². The Hall–Kier alpha value is -1.38. The molecule has 7 heteroatoms. The molecule has 0 spiro atoms. The van der Waals surface area contributed by atoms with Gasteiger partial charge in [-0.25, -0.2) is 0 Å². The smallest absolute Gasteiger partial charge is 0.161 e. The van der Waals surface area contributed by atoms with Gasteiger partial charge in [0.2, 0.25) is 0 Å². The van der Waals surface area contributed by atoms with E-state index in [2.05, 4.69) is 10.2 Å². The van der Waals surface area contributed by atoms with Gasteiger partial charge in [-0.15, -0.1) is 0 Å². The third-order valence-corrected chi connectivity index (χ3v) is 4.34. The zero-order valence-corrected chi connectivity index (χ0v) is 15.9. The lowest BCUT2D eigenvalue weighted by atomic mass is 10.2. The second kappa shape index (κ2) is 12.1. The van der Waals surface area contributed by atoms with Crippen LogP contribution in [0.25, 0.3) is 0 Å². The number of morpholine rings is 1. The molecule has 0 aromatic heterocycles. The van der Waals surface area contributed by atoms with Crippen LogP contribution >= 0.6 is 0 Å². The van der Waals surface area contributed by atoms with Crippen molar-refractivity contribution >= 4 is 0 Å². The first kappa shape index (κ1) is 20.9. The molecule has 1 atom stereocenters. The third kappa shape index (κ3) is 7.47. The maximum absolute atomic E-state index is 10.00. The molecule has 1 heterocycles. The molecule has 1 unspecified atom stereocenters. The zero-order chi connectivity index (χ0) is 18.6. The van der Waals surface area contributed by atoms with Crippen molar-refractivity contribution in [2.24, 2.45) is 0 Å². The van der Waals surface area contributed by atoms with Crippen LogP contribution < -0.4 is 14.8 Å². The molecule has 26 heavy (non-hydrogen) atoms. The minimum Gasteiger partial charge on any atom is -0.493 e. The van der Waals surface area contributed by atoms with Gasteiger partial charge in [-0.1, -0.05) is 6.07 Å². The topological polar surface area (TPSA) is 72.4 Å². The summed E-state index contributed by atoms with van der Waals surface area (Å²) < 4.78 is 21.4. The molecule has 0 bridgehead atoms. The molecule has 1 aliphatic heterocycles. The van der Waals surface area contributed by atoms with Gasteiger partial charge in [-0.3, -0.25) is 4.90 Å². The van der Waals surface area contributed by atoms with Crippen molar-refractivity contribution < 1.29 is 24.1 Å². The number of methoxy groups -OCH3 is 2. The van der Waals surface area contributed by atoms with E-state index in [9.17, 15) is 5.11 Å². The summed E-state index contributed by atoms with van der Waals surface area (Å²) in [5.74, 6) is 1.37. The van der Waals surface area contributed by atoms with E-state index in [0.717, 1.165) is 51.4 Å². The van der Waals surface area contributed by atoms with Gasteiger partial charge in [0.25, 0.3) is 0 Å². The first-order chi connectivity index (χ1) is 12.7. The fraction of sp³-hybridized carbons (Fsp3) is 0.684. The van der Waals surface area contributed by atoms with Crippen LogP contribution in [0.2, 0.25) is 0 Å². The van der Waals surface area contributed by atoms with Crippen molar-refractivity contribution in [2.75, 3.05) is 66.8 Å². The second-order valence-corrected chi connectivity index (χ2v) is 6.37. The molecule has 2 N–H and O–H groups in total. The van der Waals surface area contributed by atoms with Gasteiger partial charge in [0, 0.05) is 19.6 Å². The van der Waals surface area contributed by atoms with Crippen LogP contribution in [0.15, 0.2) is 18.2 Å². The van der Waals surface area contributed by atoms with Crippen LogP contribution in [0.1, 0.15) is 12.0 Å². The standard InChI is InChI=1S/C19H32N2O5/c1-23-18-5-4-16(12-19(18)24-2)14-26-15-17(22)13-20-6-3-7-21-8-10-25-11-9-21/h4-5,12,17,20,22H,3,6-11,13-15H2,1-2H3. The molecule has 1 aliphatic rings. The highest BCUT2D eigenvalue weighted by Gasteiger charge is 2.10. The predicted molar refractivity (Wildman–Crippen MR) is 100.0 cm³/mol. The Bertz CT molecular complexity index is 509. The minimum absolute atomic E-state index is 0.296. The lowest BCUT2D eigenvalue weighted by molar-refractivity contribution is 0.0278. The zero-order valence-electron chi connectivity index (χ0n) is 15.9. The molecule has 0 saturated carbocycles. The monoisotopic (exact) mass is 368 g/mol. The lowest BCUT2D eigenvalue weighted by Gasteiger charge is -2.26. The summed E-state index contributed by atoms with van der Waals surface area (Å²) in [4.78, 5) is 2.41. The van der Waals surface area contributed by atoms with E-state index >= 15 is 0 Å². The molecule has 1 aromatic carbocycles. The highest BCUT2D eigenvalue weighted by Crippen LogP contribution is 2.27. The van der Waals surface area contributed by atoms with Crippen LogP contribution in [0.4, 0.5) is 0 Å². The Morgan fingerprint density at radius 2 is 1.96 bits per heavy atom. The van der Waals surface area contributed by atoms with Crippen molar-refractivity contribution in [3.8, 4) is 11.5 Å². The first-order valence-electron chi connectivity index (χ1n) is 9.20. The van der Waals surface area contributed by atoms with Gasteiger partial charge in [0.1, 0.15) is 0 Å². The Balaban J connectivity index is 1.53. The second-order valence-electron chi connectivity index (χ2n) is 6.37.